The summed E-state index contributed by atoms with van der Waals surface area (Å²) in [6.07, 6.45) is 1.01. The van der Waals surface area contributed by atoms with Gasteiger partial charge in [0.15, 0.2) is 0 Å². The van der Waals surface area contributed by atoms with Crippen LogP contribution in [0.15, 0.2) is 24.8 Å². The van der Waals surface area contributed by atoms with E-state index < -0.39 is 22.0 Å². The van der Waals surface area contributed by atoms with Crippen LogP contribution < -0.4 is 5.73 Å². The van der Waals surface area contributed by atoms with Crippen LogP contribution in [0.1, 0.15) is 13.3 Å². The Bertz CT molecular complexity index is 426. The summed E-state index contributed by atoms with van der Waals surface area (Å²) in [7, 11) is -3.99. The Hall–Kier alpha value is -1.67. The minimum absolute atomic E-state index is 0.163. The van der Waals surface area contributed by atoms with Gasteiger partial charge in [-0.2, -0.15) is 8.42 Å². The van der Waals surface area contributed by atoms with Gasteiger partial charge in [0.1, 0.15) is 0 Å². The summed E-state index contributed by atoms with van der Waals surface area (Å²) in [4.78, 5) is 19.8. The predicted molar refractivity (Wildman–Crippen MR) is 66.4 cm³/mol. The van der Waals surface area contributed by atoms with Crippen LogP contribution in [0, 0.1) is 5.92 Å². The van der Waals surface area contributed by atoms with Crippen LogP contribution >= 0.6 is 0 Å². The van der Waals surface area contributed by atoms with Crippen molar-refractivity contribution in [2.24, 2.45) is 11.7 Å². The molecule has 0 aliphatic rings. The Balaban J connectivity index is 0. The molecule has 1 amide bonds. The average molecular weight is 279 g/mol. The zero-order valence-corrected chi connectivity index (χ0v) is 10.8. The van der Waals surface area contributed by atoms with E-state index in [4.69, 9.17) is 15.4 Å². The van der Waals surface area contributed by atoms with Gasteiger partial charge in [0.05, 0.1) is 5.75 Å². The Labute approximate surface area is 106 Å². The third kappa shape index (κ3) is 14.3. The van der Waals surface area contributed by atoms with E-state index in [0.29, 0.717) is 0 Å². The average Bonchev–Trinajstić information content (AvgIpc) is 2.15. The standard InChI is InChI=1S/C7H13NO4S.C3H4O2/c1-5(4-13(10,11)12)3-6(2)7(8)9;1-2-3(4)5/h5H,2-4H2,1H3,(H2,8,9)(H,10,11,12);2H,1H2,(H,4,5). The number of hydrogen-bond donors (Lipinski definition) is 3. The van der Waals surface area contributed by atoms with E-state index >= 15 is 0 Å². The lowest BCUT2D eigenvalue weighted by atomic mass is 10.0. The topological polar surface area (TPSA) is 135 Å². The summed E-state index contributed by atoms with van der Waals surface area (Å²) in [5.41, 5.74) is 5.06. The number of carboxylic acid groups (broad SMARTS) is 1. The lowest BCUT2D eigenvalue weighted by Crippen LogP contribution is -2.18. The number of carbonyl (C=O) groups excluding carboxylic acids is 1. The smallest absolute Gasteiger partial charge is 0.327 e. The Morgan fingerprint density at radius 1 is 1.44 bits per heavy atom. The fraction of sp³-hybridized carbons (Fsp3) is 0.400. The first kappa shape index (κ1) is 18.7. The molecule has 0 aliphatic carbocycles. The van der Waals surface area contributed by atoms with E-state index in [9.17, 15) is 18.0 Å². The van der Waals surface area contributed by atoms with Gasteiger partial charge in [-0.05, 0) is 12.3 Å². The Morgan fingerprint density at radius 2 is 1.83 bits per heavy atom. The maximum atomic E-state index is 10.5. The van der Waals surface area contributed by atoms with Gasteiger partial charge in [0, 0.05) is 11.6 Å². The molecule has 0 aromatic heterocycles. The summed E-state index contributed by atoms with van der Waals surface area (Å²) in [5, 5.41) is 7.60. The molecule has 0 aromatic rings. The zero-order chi connectivity index (χ0) is 14.9. The van der Waals surface area contributed by atoms with Gasteiger partial charge in [0.25, 0.3) is 10.1 Å². The molecule has 0 radical (unpaired) electrons. The molecule has 8 heteroatoms. The highest BCUT2D eigenvalue weighted by Crippen LogP contribution is 2.10. The normalized spacial score (nSPS) is 11.7. The van der Waals surface area contributed by atoms with Gasteiger partial charge in [-0.15, -0.1) is 0 Å². The third-order valence-corrected chi connectivity index (χ3v) is 2.60. The van der Waals surface area contributed by atoms with Gasteiger partial charge < -0.3 is 10.8 Å². The minimum atomic E-state index is -3.99. The number of aliphatic carboxylic acids is 1. The lowest BCUT2D eigenvalue weighted by Gasteiger charge is -2.08. The predicted octanol–water partition coefficient (Wildman–Crippen LogP) is 0.199. The number of rotatable bonds is 6. The molecule has 0 saturated carbocycles. The molecule has 1 atom stereocenters. The molecule has 1 unspecified atom stereocenters. The van der Waals surface area contributed by atoms with E-state index in [2.05, 4.69) is 13.2 Å². The molecule has 104 valence electrons. The summed E-state index contributed by atoms with van der Waals surface area (Å²) in [5.74, 6) is -2.39. The van der Waals surface area contributed by atoms with E-state index in [1.54, 1.807) is 6.92 Å². The summed E-state index contributed by atoms with van der Waals surface area (Å²) in [6.45, 7) is 7.92. The Morgan fingerprint density at radius 3 is 2.06 bits per heavy atom. The second-order valence-corrected chi connectivity index (χ2v) is 5.07. The molecule has 0 rings (SSSR count). The molecule has 0 spiro atoms. The van der Waals surface area contributed by atoms with Crippen LogP contribution in [0.25, 0.3) is 0 Å². The monoisotopic (exact) mass is 279 g/mol. The van der Waals surface area contributed by atoms with E-state index in [-0.39, 0.29) is 23.7 Å². The van der Waals surface area contributed by atoms with Gasteiger partial charge >= 0.3 is 5.97 Å². The summed E-state index contributed by atoms with van der Waals surface area (Å²) >= 11 is 0. The van der Waals surface area contributed by atoms with Crippen molar-refractivity contribution >= 4 is 22.0 Å². The van der Waals surface area contributed by atoms with Gasteiger partial charge in [-0.25, -0.2) is 4.79 Å². The van der Waals surface area contributed by atoms with Gasteiger partial charge in [-0.3, -0.25) is 9.35 Å². The zero-order valence-electron chi connectivity index (χ0n) is 10.00. The van der Waals surface area contributed by atoms with Crippen LogP contribution in [0.3, 0.4) is 0 Å². The van der Waals surface area contributed by atoms with Crippen molar-refractivity contribution in [3.63, 3.8) is 0 Å². The van der Waals surface area contributed by atoms with Crippen molar-refractivity contribution < 1.29 is 27.7 Å². The number of carboxylic acids is 1. The van der Waals surface area contributed by atoms with Crippen LogP contribution in [-0.4, -0.2) is 35.7 Å². The minimum Gasteiger partial charge on any atom is -0.478 e. The van der Waals surface area contributed by atoms with Crippen molar-refractivity contribution in [1.82, 2.24) is 0 Å². The van der Waals surface area contributed by atoms with Crippen molar-refractivity contribution in [3.8, 4) is 0 Å². The number of amides is 1. The number of primary amides is 1. The van der Waals surface area contributed by atoms with Crippen LogP contribution in [0.2, 0.25) is 0 Å². The van der Waals surface area contributed by atoms with Gasteiger partial charge in [0.2, 0.25) is 5.91 Å². The van der Waals surface area contributed by atoms with Crippen molar-refractivity contribution in [3.05, 3.63) is 24.8 Å². The fourth-order valence-electron chi connectivity index (χ4n) is 0.940. The van der Waals surface area contributed by atoms with Crippen LogP contribution in [0.5, 0.6) is 0 Å². The number of carbonyl (C=O) groups is 2. The molecular formula is C10H17NO6S. The molecule has 0 saturated heterocycles. The van der Waals surface area contributed by atoms with Crippen LogP contribution in [-0.2, 0) is 19.7 Å². The molecule has 0 heterocycles. The molecule has 4 N–H and O–H groups in total. The quantitative estimate of drug-likeness (QED) is 0.469. The molecule has 0 bridgehead atoms. The second kappa shape index (κ2) is 8.43. The highest BCUT2D eigenvalue weighted by Gasteiger charge is 2.14. The van der Waals surface area contributed by atoms with E-state index in [1.165, 1.54) is 0 Å². The summed E-state index contributed by atoms with van der Waals surface area (Å²) < 4.78 is 29.3. The third-order valence-electron chi connectivity index (χ3n) is 1.61. The molecule has 18 heavy (non-hydrogen) atoms. The number of nitrogens with two attached hydrogens (primary N) is 1. The Kier molecular flexibility index (Phi) is 8.75. The fourth-order valence-corrected chi connectivity index (χ4v) is 1.78. The molecule has 0 fully saturated rings. The maximum Gasteiger partial charge on any atom is 0.327 e. The lowest BCUT2D eigenvalue weighted by molar-refractivity contribution is -0.131. The molecule has 7 nitrogen and oxygen atoms in total. The second-order valence-electron chi connectivity index (χ2n) is 3.57. The highest BCUT2D eigenvalue weighted by atomic mass is 32.2. The summed E-state index contributed by atoms with van der Waals surface area (Å²) in [6, 6.07) is 0. The van der Waals surface area contributed by atoms with Gasteiger partial charge in [-0.1, -0.05) is 20.1 Å². The molecule has 0 aliphatic heterocycles. The van der Waals surface area contributed by atoms with E-state index in [0.717, 1.165) is 6.08 Å². The van der Waals surface area contributed by atoms with Crippen molar-refractivity contribution in [2.45, 2.75) is 13.3 Å². The van der Waals surface area contributed by atoms with E-state index in [1.807, 2.05) is 0 Å². The molecule has 0 aromatic carbocycles. The van der Waals surface area contributed by atoms with Crippen LogP contribution in [0.4, 0.5) is 0 Å². The largest absolute Gasteiger partial charge is 0.478 e. The SMILES string of the molecule is C=C(CC(C)CS(=O)(=O)O)C(N)=O.C=CC(=O)O. The first-order valence-corrected chi connectivity index (χ1v) is 6.38. The maximum absolute atomic E-state index is 10.5. The first-order valence-electron chi connectivity index (χ1n) is 4.77. The first-order chi connectivity index (χ1) is 7.99. The number of hydrogen-bond acceptors (Lipinski definition) is 4. The van der Waals surface area contributed by atoms with Crippen molar-refractivity contribution in [1.29, 1.82) is 0 Å². The van der Waals surface area contributed by atoms with Crippen molar-refractivity contribution in [2.75, 3.05) is 5.75 Å². The highest BCUT2D eigenvalue weighted by molar-refractivity contribution is 7.85. The molecular weight excluding hydrogens is 262 g/mol.